The molecule has 2 N–H and O–H groups in total. The van der Waals surface area contributed by atoms with Gasteiger partial charge in [0.25, 0.3) is 0 Å². The molecule has 1 aliphatic rings. The Morgan fingerprint density at radius 2 is 2.12 bits per heavy atom. The van der Waals surface area contributed by atoms with Crippen LogP contribution in [0.5, 0.6) is 0 Å². The number of halogens is 2. The molecule has 1 aromatic carbocycles. The fourth-order valence-electron chi connectivity index (χ4n) is 2.09. The summed E-state index contributed by atoms with van der Waals surface area (Å²) in [7, 11) is 0. The van der Waals surface area contributed by atoms with Gasteiger partial charge in [-0.2, -0.15) is 0 Å². The van der Waals surface area contributed by atoms with Gasteiger partial charge >= 0.3 is 5.97 Å². The van der Waals surface area contributed by atoms with E-state index in [2.05, 4.69) is 15.9 Å². The van der Waals surface area contributed by atoms with Gasteiger partial charge < -0.3 is 10.5 Å². The Labute approximate surface area is 115 Å². The Kier molecular flexibility index (Phi) is 4.58. The normalized spacial score (nSPS) is 21.6. The first kappa shape index (κ1) is 14.5. The molecule has 0 saturated carbocycles. The van der Waals surface area contributed by atoms with Crippen LogP contribution in [-0.2, 0) is 22.4 Å². The van der Waals surface area contributed by atoms with E-state index in [1.807, 2.05) is 18.2 Å². The standard InChI is InChI=1S/C12H14BrNO2.ClH/c1-2-16-11(15)12(14)6-8-3-4-10(13)5-9(8)7-12;/h3-5H,2,6-7,14H2,1H3;1H. The molecular formula is C12H15BrClNO2. The molecule has 1 atom stereocenters. The smallest absolute Gasteiger partial charge is 0.326 e. The minimum atomic E-state index is -0.876. The quantitative estimate of drug-likeness (QED) is 0.850. The van der Waals surface area contributed by atoms with E-state index in [0.29, 0.717) is 19.4 Å². The van der Waals surface area contributed by atoms with Crippen LogP contribution in [0.1, 0.15) is 18.1 Å². The fourth-order valence-corrected chi connectivity index (χ4v) is 2.50. The summed E-state index contributed by atoms with van der Waals surface area (Å²) in [6, 6.07) is 5.99. The number of carbonyl (C=O) groups is 1. The van der Waals surface area contributed by atoms with Gasteiger partial charge in [-0.05, 0) is 30.2 Å². The van der Waals surface area contributed by atoms with E-state index in [1.54, 1.807) is 6.92 Å². The van der Waals surface area contributed by atoms with Crippen molar-refractivity contribution in [1.82, 2.24) is 0 Å². The number of hydrogen-bond donors (Lipinski definition) is 1. The maximum absolute atomic E-state index is 11.8. The number of ether oxygens (including phenoxy) is 1. The first-order valence-corrected chi connectivity index (χ1v) is 6.08. The largest absolute Gasteiger partial charge is 0.465 e. The number of esters is 1. The van der Waals surface area contributed by atoms with Crippen molar-refractivity contribution in [1.29, 1.82) is 0 Å². The molecule has 0 bridgehead atoms. The van der Waals surface area contributed by atoms with Gasteiger partial charge in [0.15, 0.2) is 0 Å². The van der Waals surface area contributed by atoms with Crippen LogP contribution in [0.2, 0.25) is 0 Å². The molecule has 2 rings (SSSR count). The predicted molar refractivity (Wildman–Crippen MR) is 72.3 cm³/mol. The van der Waals surface area contributed by atoms with Gasteiger partial charge in [-0.1, -0.05) is 22.0 Å². The van der Waals surface area contributed by atoms with Crippen molar-refractivity contribution in [2.45, 2.75) is 25.3 Å². The Hall–Kier alpha value is -0.580. The predicted octanol–water partition coefficient (Wildman–Crippen LogP) is 2.23. The Morgan fingerprint density at radius 3 is 2.76 bits per heavy atom. The molecule has 0 aromatic heterocycles. The minimum absolute atomic E-state index is 0. The molecule has 0 heterocycles. The third kappa shape index (κ3) is 2.81. The fraction of sp³-hybridized carbons (Fsp3) is 0.417. The van der Waals surface area contributed by atoms with Crippen molar-refractivity contribution in [2.75, 3.05) is 6.61 Å². The summed E-state index contributed by atoms with van der Waals surface area (Å²) in [6.07, 6.45) is 1.12. The van der Waals surface area contributed by atoms with Crippen LogP contribution >= 0.6 is 28.3 Å². The highest BCUT2D eigenvalue weighted by Gasteiger charge is 2.41. The summed E-state index contributed by atoms with van der Waals surface area (Å²) in [5.74, 6) is -0.303. The second-order valence-electron chi connectivity index (χ2n) is 4.14. The van der Waals surface area contributed by atoms with E-state index in [1.165, 1.54) is 0 Å². The van der Waals surface area contributed by atoms with Crippen molar-refractivity contribution in [3.63, 3.8) is 0 Å². The van der Waals surface area contributed by atoms with Gasteiger partial charge in [0.05, 0.1) is 6.61 Å². The first-order valence-electron chi connectivity index (χ1n) is 5.28. The number of carbonyl (C=O) groups excluding carboxylic acids is 1. The molecule has 0 saturated heterocycles. The second kappa shape index (κ2) is 5.38. The van der Waals surface area contributed by atoms with Gasteiger partial charge in [0, 0.05) is 17.3 Å². The number of benzene rings is 1. The van der Waals surface area contributed by atoms with Gasteiger partial charge in [0.2, 0.25) is 0 Å². The molecule has 0 radical (unpaired) electrons. The van der Waals surface area contributed by atoms with Crippen LogP contribution in [0, 0.1) is 0 Å². The van der Waals surface area contributed by atoms with E-state index >= 15 is 0 Å². The highest BCUT2D eigenvalue weighted by molar-refractivity contribution is 9.10. The Bertz CT molecular complexity index is 439. The van der Waals surface area contributed by atoms with E-state index < -0.39 is 5.54 Å². The topological polar surface area (TPSA) is 52.3 Å². The zero-order valence-corrected chi connectivity index (χ0v) is 11.9. The summed E-state index contributed by atoms with van der Waals surface area (Å²) >= 11 is 3.41. The van der Waals surface area contributed by atoms with Crippen molar-refractivity contribution in [2.24, 2.45) is 5.73 Å². The Balaban J connectivity index is 0.00000144. The van der Waals surface area contributed by atoms with E-state index in [-0.39, 0.29) is 18.4 Å². The zero-order valence-electron chi connectivity index (χ0n) is 9.53. The van der Waals surface area contributed by atoms with Crippen LogP contribution in [0.15, 0.2) is 22.7 Å². The van der Waals surface area contributed by atoms with Crippen LogP contribution in [0.25, 0.3) is 0 Å². The molecular weight excluding hydrogens is 305 g/mol. The third-order valence-electron chi connectivity index (χ3n) is 2.86. The lowest BCUT2D eigenvalue weighted by atomic mass is 9.98. The van der Waals surface area contributed by atoms with Gasteiger partial charge in [-0.3, -0.25) is 4.79 Å². The first-order chi connectivity index (χ1) is 7.55. The average molecular weight is 321 g/mol. The molecule has 0 amide bonds. The third-order valence-corrected chi connectivity index (χ3v) is 3.36. The average Bonchev–Trinajstić information content (AvgIpc) is 2.55. The lowest BCUT2D eigenvalue weighted by Gasteiger charge is -2.20. The molecule has 0 fully saturated rings. The molecule has 17 heavy (non-hydrogen) atoms. The summed E-state index contributed by atoms with van der Waals surface area (Å²) in [4.78, 5) is 11.8. The van der Waals surface area contributed by atoms with Crippen LogP contribution in [0.4, 0.5) is 0 Å². The van der Waals surface area contributed by atoms with Gasteiger partial charge in [0.1, 0.15) is 5.54 Å². The van der Waals surface area contributed by atoms with Crippen molar-refractivity contribution < 1.29 is 9.53 Å². The molecule has 0 aliphatic heterocycles. The lowest BCUT2D eigenvalue weighted by Crippen LogP contribution is -2.50. The van der Waals surface area contributed by atoms with Crippen molar-refractivity contribution in [3.8, 4) is 0 Å². The summed E-state index contributed by atoms with van der Waals surface area (Å²) in [6.45, 7) is 2.16. The number of hydrogen-bond acceptors (Lipinski definition) is 3. The number of nitrogens with two attached hydrogens (primary N) is 1. The molecule has 1 aromatic rings. The second-order valence-corrected chi connectivity index (χ2v) is 5.06. The minimum Gasteiger partial charge on any atom is -0.465 e. The van der Waals surface area contributed by atoms with Crippen molar-refractivity contribution >= 4 is 34.3 Å². The van der Waals surface area contributed by atoms with Crippen LogP contribution in [-0.4, -0.2) is 18.1 Å². The summed E-state index contributed by atoms with van der Waals surface area (Å²) in [5.41, 5.74) is 7.49. The molecule has 0 spiro atoms. The van der Waals surface area contributed by atoms with Gasteiger partial charge in [-0.25, -0.2) is 0 Å². The Morgan fingerprint density at radius 1 is 1.47 bits per heavy atom. The maximum Gasteiger partial charge on any atom is 0.326 e. The number of fused-ring (bicyclic) bond motifs is 1. The molecule has 5 heteroatoms. The van der Waals surface area contributed by atoms with Crippen LogP contribution < -0.4 is 5.73 Å². The van der Waals surface area contributed by atoms with E-state index in [4.69, 9.17) is 10.5 Å². The van der Waals surface area contributed by atoms with E-state index in [0.717, 1.165) is 15.6 Å². The zero-order chi connectivity index (χ0) is 11.8. The number of rotatable bonds is 2. The highest BCUT2D eigenvalue weighted by atomic mass is 79.9. The van der Waals surface area contributed by atoms with E-state index in [9.17, 15) is 4.79 Å². The lowest BCUT2D eigenvalue weighted by molar-refractivity contribution is -0.149. The monoisotopic (exact) mass is 319 g/mol. The van der Waals surface area contributed by atoms with Crippen molar-refractivity contribution in [3.05, 3.63) is 33.8 Å². The molecule has 3 nitrogen and oxygen atoms in total. The molecule has 1 aliphatic carbocycles. The maximum atomic E-state index is 11.8. The van der Waals surface area contributed by atoms with Crippen LogP contribution in [0.3, 0.4) is 0 Å². The summed E-state index contributed by atoms with van der Waals surface area (Å²) in [5, 5.41) is 0. The highest BCUT2D eigenvalue weighted by Crippen LogP contribution is 2.31. The molecule has 1 unspecified atom stereocenters. The SMILES string of the molecule is CCOC(=O)C1(N)Cc2ccc(Br)cc2C1.Cl. The molecule has 94 valence electrons. The van der Waals surface area contributed by atoms with Gasteiger partial charge in [-0.15, -0.1) is 12.4 Å². The summed E-state index contributed by atoms with van der Waals surface area (Å²) < 4.78 is 6.03.